The fourth-order valence-corrected chi connectivity index (χ4v) is 2.70. The van der Waals surface area contributed by atoms with E-state index in [1.54, 1.807) is 12.1 Å². The van der Waals surface area contributed by atoms with E-state index in [-0.39, 0.29) is 0 Å². The molecule has 0 aromatic heterocycles. The molecule has 2 rings (SSSR count). The summed E-state index contributed by atoms with van der Waals surface area (Å²) >= 11 is 29.8. The van der Waals surface area contributed by atoms with E-state index in [0.717, 1.165) is 16.7 Å². The SMILES string of the molecule is ClCc1ccc(-c2cc(Cl)c(Cl)c(Cl)c2)cc1Cl. The van der Waals surface area contributed by atoms with E-state index in [1.807, 2.05) is 18.2 Å². The Kier molecular flexibility index (Phi) is 4.69. The van der Waals surface area contributed by atoms with E-state index < -0.39 is 0 Å². The van der Waals surface area contributed by atoms with Crippen LogP contribution in [0.4, 0.5) is 0 Å². The molecule has 5 heteroatoms. The molecule has 0 heterocycles. The highest BCUT2D eigenvalue weighted by molar-refractivity contribution is 6.48. The van der Waals surface area contributed by atoms with E-state index in [1.165, 1.54) is 0 Å². The lowest BCUT2D eigenvalue weighted by atomic mass is 10.0. The summed E-state index contributed by atoms with van der Waals surface area (Å²) < 4.78 is 0. The van der Waals surface area contributed by atoms with Crippen LogP contribution in [0.15, 0.2) is 30.3 Å². The first-order valence-electron chi connectivity index (χ1n) is 5.02. The Morgan fingerprint density at radius 3 is 1.78 bits per heavy atom. The summed E-state index contributed by atoms with van der Waals surface area (Å²) in [6.45, 7) is 0. The lowest BCUT2D eigenvalue weighted by molar-refractivity contribution is 1.40. The molecule has 94 valence electrons. The minimum Gasteiger partial charge on any atom is -0.121 e. The van der Waals surface area contributed by atoms with Crippen LogP contribution in [0.3, 0.4) is 0 Å². The topological polar surface area (TPSA) is 0 Å². The number of alkyl halides is 1. The molecule has 0 aliphatic carbocycles. The average Bonchev–Trinajstić information content (AvgIpc) is 2.35. The monoisotopic (exact) mass is 338 g/mol. The summed E-state index contributed by atoms with van der Waals surface area (Å²) in [6.07, 6.45) is 0. The molecule has 18 heavy (non-hydrogen) atoms. The Bertz CT molecular complexity index is 569. The van der Waals surface area contributed by atoms with Gasteiger partial charge in [-0.3, -0.25) is 0 Å². The molecule has 0 nitrogen and oxygen atoms in total. The maximum absolute atomic E-state index is 6.11. The third kappa shape index (κ3) is 2.89. The van der Waals surface area contributed by atoms with Crippen LogP contribution in [0, 0.1) is 0 Å². The molecule has 0 radical (unpaired) electrons. The van der Waals surface area contributed by atoms with Gasteiger partial charge in [0.1, 0.15) is 0 Å². The second kappa shape index (κ2) is 5.90. The van der Waals surface area contributed by atoms with Gasteiger partial charge >= 0.3 is 0 Å². The van der Waals surface area contributed by atoms with Gasteiger partial charge in [-0.05, 0) is 34.9 Å². The predicted molar refractivity (Wildman–Crippen MR) is 81.5 cm³/mol. The highest BCUT2D eigenvalue weighted by Crippen LogP contribution is 2.36. The molecule has 0 atom stereocenters. The van der Waals surface area contributed by atoms with Crippen LogP contribution in [0.2, 0.25) is 20.1 Å². The number of halogens is 5. The van der Waals surface area contributed by atoms with Crippen LogP contribution in [-0.4, -0.2) is 0 Å². The molecule has 0 bridgehead atoms. The van der Waals surface area contributed by atoms with E-state index >= 15 is 0 Å². The summed E-state index contributed by atoms with van der Waals surface area (Å²) in [4.78, 5) is 0. The summed E-state index contributed by atoms with van der Waals surface area (Å²) in [5.41, 5.74) is 2.65. The molecule has 0 saturated heterocycles. The van der Waals surface area contributed by atoms with Crippen molar-refractivity contribution >= 4 is 58.0 Å². The fraction of sp³-hybridized carbons (Fsp3) is 0.0769. The van der Waals surface area contributed by atoms with Crippen LogP contribution in [-0.2, 0) is 5.88 Å². The van der Waals surface area contributed by atoms with Gasteiger partial charge in [0.25, 0.3) is 0 Å². The lowest BCUT2D eigenvalue weighted by Gasteiger charge is -2.08. The highest BCUT2D eigenvalue weighted by Gasteiger charge is 2.09. The minimum atomic E-state index is 0.352. The molecule has 0 saturated carbocycles. The Hall–Kier alpha value is -0.110. The summed E-state index contributed by atoms with van der Waals surface area (Å²) in [5.74, 6) is 0.376. The molecular formula is C13H7Cl5. The van der Waals surface area contributed by atoms with Gasteiger partial charge in [-0.2, -0.15) is 0 Å². The Morgan fingerprint density at radius 1 is 0.722 bits per heavy atom. The van der Waals surface area contributed by atoms with Gasteiger partial charge in [-0.25, -0.2) is 0 Å². The average molecular weight is 340 g/mol. The first kappa shape index (κ1) is 14.3. The summed E-state index contributed by atoms with van der Waals surface area (Å²) in [5, 5.41) is 1.80. The van der Waals surface area contributed by atoms with Crippen LogP contribution in [0.5, 0.6) is 0 Å². The van der Waals surface area contributed by atoms with Crippen molar-refractivity contribution in [2.24, 2.45) is 0 Å². The van der Waals surface area contributed by atoms with E-state index in [2.05, 4.69) is 0 Å². The third-order valence-corrected chi connectivity index (χ3v) is 4.35. The molecule has 2 aromatic rings. The normalized spacial score (nSPS) is 10.7. The largest absolute Gasteiger partial charge is 0.121 e. The number of hydrogen-bond donors (Lipinski definition) is 0. The van der Waals surface area contributed by atoms with Crippen molar-refractivity contribution in [2.75, 3.05) is 0 Å². The number of rotatable bonds is 2. The second-order valence-electron chi connectivity index (χ2n) is 3.69. The number of benzene rings is 2. The molecule has 0 N–H and O–H groups in total. The molecule has 0 unspecified atom stereocenters. The van der Waals surface area contributed by atoms with Gasteiger partial charge < -0.3 is 0 Å². The van der Waals surface area contributed by atoms with Crippen molar-refractivity contribution in [1.29, 1.82) is 0 Å². The maximum atomic E-state index is 6.11. The zero-order valence-corrected chi connectivity index (χ0v) is 12.8. The van der Waals surface area contributed by atoms with E-state index in [9.17, 15) is 0 Å². The molecule has 0 fully saturated rings. The van der Waals surface area contributed by atoms with Gasteiger partial charge in [0.05, 0.1) is 15.1 Å². The zero-order chi connectivity index (χ0) is 13.3. The van der Waals surface area contributed by atoms with Gasteiger partial charge in [0, 0.05) is 10.9 Å². The van der Waals surface area contributed by atoms with Crippen molar-refractivity contribution in [1.82, 2.24) is 0 Å². The third-order valence-electron chi connectivity index (χ3n) is 2.51. The Labute approximate surface area is 130 Å². The van der Waals surface area contributed by atoms with Gasteiger partial charge in [-0.15, -0.1) is 11.6 Å². The molecule has 0 aliphatic heterocycles. The molecule has 0 amide bonds. The first-order chi connectivity index (χ1) is 8.52. The standard InChI is InChI=1S/C13H7Cl5/c14-6-8-2-1-7(3-10(8)15)9-4-11(16)13(18)12(17)5-9/h1-5H,6H2. The van der Waals surface area contributed by atoms with Crippen LogP contribution in [0.1, 0.15) is 5.56 Å². The van der Waals surface area contributed by atoms with Crippen molar-refractivity contribution in [3.63, 3.8) is 0 Å². The molecule has 0 aliphatic rings. The van der Waals surface area contributed by atoms with Gasteiger partial charge in [-0.1, -0.05) is 58.5 Å². The predicted octanol–water partition coefficient (Wildman–Crippen LogP) is 6.71. The fourth-order valence-electron chi connectivity index (χ4n) is 1.56. The zero-order valence-electron chi connectivity index (χ0n) is 8.98. The summed E-state index contributed by atoms with van der Waals surface area (Å²) in [7, 11) is 0. The molecule has 0 spiro atoms. The number of hydrogen-bond acceptors (Lipinski definition) is 0. The first-order valence-corrected chi connectivity index (χ1v) is 7.07. The van der Waals surface area contributed by atoms with Crippen molar-refractivity contribution in [3.8, 4) is 11.1 Å². The van der Waals surface area contributed by atoms with Crippen molar-refractivity contribution in [2.45, 2.75) is 5.88 Å². The highest BCUT2D eigenvalue weighted by atomic mass is 35.5. The molecular weight excluding hydrogens is 333 g/mol. The van der Waals surface area contributed by atoms with E-state index in [4.69, 9.17) is 58.0 Å². The van der Waals surface area contributed by atoms with Gasteiger partial charge in [0.2, 0.25) is 0 Å². The minimum absolute atomic E-state index is 0.352. The summed E-state index contributed by atoms with van der Waals surface area (Å²) in [6, 6.07) is 9.12. The van der Waals surface area contributed by atoms with Crippen LogP contribution >= 0.6 is 58.0 Å². The quantitative estimate of drug-likeness (QED) is 0.421. The van der Waals surface area contributed by atoms with Crippen LogP contribution in [0.25, 0.3) is 11.1 Å². The Morgan fingerprint density at radius 2 is 1.28 bits per heavy atom. The smallest absolute Gasteiger partial charge is 0.0778 e. The Balaban J connectivity index is 2.52. The van der Waals surface area contributed by atoms with Crippen molar-refractivity contribution < 1.29 is 0 Å². The van der Waals surface area contributed by atoms with Crippen molar-refractivity contribution in [3.05, 3.63) is 56.0 Å². The van der Waals surface area contributed by atoms with Gasteiger partial charge in [0.15, 0.2) is 0 Å². The van der Waals surface area contributed by atoms with Crippen LogP contribution < -0.4 is 0 Å². The molecule has 2 aromatic carbocycles. The maximum Gasteiger partial charge on any atom is 0.0778 e. The van der Waals surface area contributed by atoms with E-state index in [0.29, 0.717) is 26.0 Å². The lowest BCUT2D eigenvalue weighted by Crippen LogP contribution is -1.84. The second-order valence-corrected chi connectivity index (χ2v) is 5.56.